The summed E-state index contributed by atoms with van der Waals surface area (Å²) in [6.45, 7) is 3.33. The Hall–Kier alpha value is -3.36. The van der Waals surface area contributed by atoms with Gasteiger partial charge < -0.3 is 10.1 Å². The van der Waals surface area contributed by atoms with Crippen molar-refractivity contribution in [2.75, 3.05) is 16.7 Å². The van der Waals surface area contributed by atoms with E-state index >= 15 is 0 Å². The van der Waals surface area contributed by atoms with Crippen LogP contribution in [0.4, 0.5) is 11.4 Å². The van der Waals surface area contributed by atoms with Crippen LogP contribution in [0.3, 0.4) is 0 Å². The van der Waals surface area contributed by atoms with Crippen molar-refractivity contribution in [3.8, 4) is 0 Å². The van der Waals surface area contributed by atoms with Crippen LogP contribution in [-0.4, -0.2) is 33.4 Å². The van der Waals surface area contributed by atoms with Crippen LogP contribution >= 0.6 is 11.6 Å². The van der Waals surface area contributed by atoms with Gasteiger partial charge in [-0.3, -0.25) is 9.10 Å². The van der Waals surface area contributed by atoms with E-state index in [1.165, 1.54) is 38.2 Å². The van der Waals surface area contributed by atoms with E-state index in [2.05, 4.69) is 5.32 Å². The first-order valence-electron chi connectivity index (χ1n) is 10.0. The summed E-state index contributed by atoms with van der Waals surface area (Å²) >= 11 is 5.82. The highest BCUT2D eigenvalue weighted by Crippen LogP contribution is 2.23. The van der Waals surface area contributed by atoms with Gasteiger partial charge >= 0.3 is 5.97 Å². The fourth-order valence-electron chi connectivity index (χ4n) is 2.89. The number of nitrogens with one attached hydrogen (secondary N) is 1. The van der Waals surface area contributed by atoms with Gasteiger partial charge in [0.05, 0.1) is 16.1 Å². The maximum atomic E-state index is 13.1. The van der Waals surface area contributed by atoms with Crippen LogP contribution in [0.15, 0.2) is 77.7 Å². The molecule has 0 aliphatic heterocycles. The number of aryl methyl sites for hydroxylation is 1. The summed E-state index contributed by atoms with van der Waals surface area (Å²) in [5, 5.41) is 3.14. The van der Waals surface area contributed by atoms with Crippen molar-refractivity contribution < 1.29 is 22.7 Å². The number of amides is 1. The molecule has 3 aromatic rings. The van der Waals surface area contributed by atoms with E-state index in [1.54, 1.807) is 36.4 Å². The summed E-state index contributed by atoms with van der Waals surface area (Å²) in [6, 6.07) is 19.0. The number of esters is 1. The van der Waals surface area contributed by atoms with Crippen LogP contribution in [0.5, 0.6) is 0 Å². The molecule has 3 aromatic carbocycles. The lowest BCUT2D eigenvalue weighted by atomic mass is 10.2. The highest BCUT2D eigenvalue weighted by molar-refractivity contribution is 7.92. The molecule has 0 spiro atoms. The highest BCUT2D eigenvalue weighted by atomic mass is 35.5. The third kappa shape index (κ3) is 5.91. The van der Waals surface area contributed by atoms with E-state index in [4.69, 9.17) is 16.3 Å². The number of halogens is 1. The molecule has 0 bridgehead atoms. The standard InChI is InChI=1S/C24H23ClN2O5S/c1-16-7-13-21(14-8-16)27(3)33(30,31)22-6-4-5-18(15-22)24(29)32-17(2)23(28)26-20-11-9-19(25)10-12-20/h4-15,17H,1-3H3,(H,26,28)/t17-/m1/s1. The minimum absolute atomic E-state index is 0.0134. The van der Waals surface area contributed by atoms with Crippen LogP contribution in [0.1, 0.15) is 22.8 Å². The van der Waals surface area contributed by atoms with Crippen molar-refractivity contribution in [1.29, 1.82) is 0 Å². The Labute approximate surface area is 198 Å². The quantitative estimate of drug-likeness (QED) is 0.490. The molecule has 0 aliphatic rings. The van der Waals surface area contributed by atoms with Crippen molar-refractivity contribution in [3.05, 3.63) is 88.9 Å². The molecule has 0 radical (unpaired) electrons. The molecule has 3 rings (SSSR count). The molecule has 0 saturated carbocycles. The minimum Gasteiger partial charge on any atom is -0.449 e. The smallest absolute Gasteiger partial charge is 0.338 e. The first-order valence-corrected chi connectivity index (χ1v) is 11.8. The second-order valence-electron chi connectivity index (χ2n) is 7.38. The number of sulfonamides is 1. The zero-order valence-electron chi connectivity index (χ0n) is 18.3. The van der Waals surface area contributed by atoms with E-state index in [9.17, 15) is 18.0 Å². The molecule has 33 heavy (non-hydrogen) atoms. The van der Waals surface area contributed by atoms with Crippen molar-refractivity contribution in [2.45, 2.75) is 24.8 Å². The summed E-state index contributed by atoms with van der Waals surface area (Å²) < 4.78 is 32.5. The van der Waals surface area contributed by atoms with Gasteiger partial charge in [0.25, 0.3) is 15.9 Å². The number of carbonyl (C=O) groups is 2. The average molecular weight is 487 g/mol. The van der Waals surface area contributed by atoms with Gasteiger partial charge in [-0.2, -0.15) is 0 Å². The summed E-state index contributed by atoms with van der Waals surface area (Å²) in [5.74, 6) is -1.35. The predicted octanol–water partition coefficient (Wildman–Crippen LogP) is 4.66. The Balaban J connectivity index is 1.72. The summed E-state index contributed by atoms with van der Waals surface area (Å²) in [4.78, 5) is 24.9. The van der Waals surface area contributed by atoms with Crippen LogP contribution in [-0.2, 0) is 19.6 Å². The molecule has 0 aliphatic carbocycles. The average Bonchev–Trinajstić information content (AvgIpc) is 2.80. The maximum absolute atomic E-state index is 13.1. The van der Waals surface area contributed by atoms with Crippen molar-refractivity contribution >= 4 is 44.9 Å². The molecule has 0 heterocycles. The number of carbonyl (C=O) groups excluding carboxylic acids is 2. The first kappa shape index (κ1) is 24.3. The lowest BCUT2D eigenvalue weighted by Crippen LogP contribution is -2.30. The zero-order valence-corrected chi connectivity index (χ0v) is 19.9. The Morgan fingerprint density at radius 2 is 1.64 bits per heavy atom. The Morgan fingerprint density at radius 3 is 2.27 bits per heavy atom. The van der Waals surface area contributed by atoms with Gasteiger partial charge in [0, 0.05) is 17.8 Å². The SMILES string of the molecule is Cc1ccc(N(C)S(=O)(=O)c2cccc(C(=O)O[C@H](C)C(=O)Nc3ccc(Cl)cc3)c2)cc1. The molecule has 7 nitrogen and oxygen atoms in total. The number of hydrogen-bond acceptors (Lipinski definition) is 5. The molecule has 1 amide bonds. The van der Waals surface area contributed by atoms with Gasteiger partial charge in [0.2, 0.25) is 0 Å². The Kier molecular flexibility index (Phi) is 7.40. The topological polar surface area (TPSA) is 92.8 Å². The lowest BCUT2D eigenvalue weighted by molar-refractivity contribution is -0.123. The van der Waals surface area contributed by atoms with Crippen LogP contribution in [0, 0.1) is 6.92 Å². The Bertz CT molecular complexity index is 1260. The van der Waals surface area contributed by atoms with Crippen molar-refractivity contribution in [2.24, 2.45) is 0 Å². The number of benzene rings is 3. The second-order valence-corrected chi connectivity index (χ2v) is 9.79. The predicted molar refractivity (Wildman–Crippen MR) is 128 cm³/mol. The minimum atomic E-state index is -3.91. The summed E-state index contributed by atoms with van der Waals surface area (Å²) in [7, 11) is -2.48. The maximum Gasteiger partial charge on any atom is 0.338 e. The van der Waals surface area contributed by atoms with Crippen molar-refractivity contribution in [1.82, 2.24) is 0 Å². The molecule has 9 heteroatoms. The summed E-state index contributed by atoms with van der Waals surface area (Å²) in [5.41, 5.74) is 2.00. The van der Waals surface area contributed by atoms with Crippen LogP contribution in [0.2, 0.25) is 5.02 Å². The number of ether oxygens (including phenoxy) is 1. The molecular formula is C24H23ClN2O5S. The zero-order chi connectivity index (χ0) is 24.2. The number of nitrogens with zero attached hydrogens (tertiary/aromatic N) is 1. The lowest BCUT2D eigenvalue weighted by Gasteiger charge is -2.20. The van der Waals surface area contributed by atoms with E-state index in [0.717, 1.165) is 9.87 Å². The monoisotopic (exact) mass is 486 g/mol. The fraction of sp³-hybridized carbons (Fsp3) is 0.167. The molecular weight excluding hydrogens is 464 g/mol. The number of rotatable bonds is 7. The molecule has 0 fully saturated rings. The Morgan fingerprint density at radius 1 is 1.00 bits per heavy atom. The van der Waals surface area contributed by atoms with E-state index in [0.29, 0.717) is 16.4 Å². The van der Waals surface area contributed by atoms with Gasteiger partial charge in [0.15, 0.2) is 6.10 Å². The van der Waals surface area contributed by atoms with E-state index < -0.39 is 28.0 Å². The van der Waals surface area contributed by atoms with Gasteiger partial charge in [-0.05, 0) is 68.4 Å². The molecule has 0 saturated heterocycles. The molecule has 1 atom stereocenters. The van der Waals surface area contributed by atoms with Crippen LogP contribution in [0.25, 0.3) is 0 Å². The summed E-state index contributed by atoms with van der Waals surface area (Å²) in [6.07, 6.45) is -1.11. The molecule has 1 N–H and O–H groups in total. The largest absolute Gasteiger partial charge is 0.449 e. The van der Waals surface area contributed by atoms with Gasteiger partial charge in [-0.15, -0.1) is 0 Å². The number of anilines is 2. The van der Waals surface area contributed by atoms with Gasteiger partial charge in [-0.25, -0.2) is 13.2 Å². The van der Waals surface area contributed by atoms with Gasteiger partial charge in [-0.1, -0.05) is 35.4 Å². The highest BCUT2D eigenvalue weighted by Gasteiger charge is 2.24. The molecule has 0 unspecified atom stereocenters. The molecule has 0 aromatic heterocycles. The van der Waals surface area contributed by atoms with Crippen LogP contribution < -0.4 is 9.62 Å². The third-order valence-electron chi connectivity index (χ3n) is 4.89. The first-order chi connectivity index (χ1) is 15.6. The van der Waals surface area contributed by atoms with Gasteiger partial charge in [0.1, 0.15) is 0 Å². The number of hydrogen-bond donors (Lipinski definition) is 1. The molecule has 172 valence electrons. The normalized spacial score (nSPS) is 12.0. The van der Waals surface area contributed by atoms with E-state index in [-0.39, 0.29) is 10.5 Å². The fourth-order valence-corrected chi connectivity index (χ4v) is 4.26. The third-order valence-corrected chi connectivity index (χ3v) is 6.92. The van der Waals surface area contributed by atoms with Crippen molar-refractivity contribution in [3.63, 3.8) is 0 Å². The second kappa shape index (κ2) is 10.1. The van der Waals surface area contributed by atoms with E-state index in [1.807, 2.05) is 19.1 Å².